The number of hydrogen-bond acceptors (Lipinski definition) is 5. The quantitative estimate of drug-likeness (QED) is 0.728. The summed E-state index contributed by atoms with van der Waals surface area (Å²) in [5.74, 6) is -0.316. The fourth-order valence-corrected chi connectivity index (χ4v) is 3.26. The number of pyridine rings is 1. The molecule has 7 heteroatoms. The van der Waals surface area contributed by atoms with Gasteiger partial charge in [-0.1, -0.05) is 6.07 Å². The van der Waals surface area contributed by atoms with Gasteiger partial charge in [-0.05, 0) is 56.3 Å². The molecule has 1 fully saturated rings. The van der Waals surface area contributed by atoms with Crippen LogP contribution >= 0.6 is 0 Å². The molecule has 27 heavy (non-hydrogen) atoms. The molecule has 1 aliphatic heterocycles. The molecule has 142 valence electrons. The van der Waals surface area contributed by atoms with Crippen LogP contribution in [0, 0.1) is 5.41 Å². The predicted molar refractivity (Wildman–Crippen MR) is 104 cm³/mol. The van der Waals surface area contributed by atoms with E-state index in [2.05, 4.69) is 20.9 Å². The van der Waals surface area contributed by atoms with Crippen LogP contribution in [0.3, 0.4) is 0 Å². The maximum atomic E-state index is 12.9. The third-order valence-corrected chi connectivity index (χ3v) is 4.78. The zero-order chi connectivity index (χ0) is 19.1. The number of piperidine rings is 1. The van der Waals surface area contributed by atoms with Crippen molar-refractivity contribution < 1.29 is 14.3 Å². The van der Waals surface area contributed by atoms with Gasteiger partial charge in [-0.2, -0.15) is 0 Å². The highest BCUT2D eigenvalue weighted by Crippen LogP contribution is 2.31. The molecule has 3 N–H and O–H groups in total. The number of carbonyl (C=O) groups is 2. The Kier molecular flexibility index (Phi) is 6.16. The topological polar surface area (TPSA) is 92.3 Å². The smallest absolute Gasteiger partial charge is 0.255 e. The van der Waals surface area contributed by atoms with Gasteiger partial charge in [0.05, 0.1) is 12.0 Å². The fraction of sp³-hybridized carbons (Fsp3) is 0.350. The van der Waals surface area contributed by atoms with E-state index in [1.54, 1.807) is 55.9 Å². The third-order valence-electron chi connectivity index (χ3n) is 4.78. The summed E-state index contributed by atoms with van der Waals surface area (Å²) in [4.78, 5) is 29.3. The Labute approximate surface area is 158 Å². The number of ether oxygens (including phenoxy) is 1. The van der Waals surface area contributed by atoms with Crippen molar-refractivity contribution in [3.63, 3.8) is 0 Å². The number of amides is 2. The van der Waals surface area contributed by atoms with E-state index in [-0.39, 0.29) is 11.8 Å². The molecule has 1 aromatic carbocycles. The van der Waals surface area contributed by atoms with E-state index >= 15 is 0 Å². The van der Waals surface area contributed by atoms with Crippen molar-refractivity contribution in [2.75, 3.05) is 37.4 Å². The normalized spacial score (nSPS) is 15.7. The van der Waals surface area contributed by atoms with Gasteiger partial charge in [-0.15, -0.1) is 0 Å². The SMILES string of the molecule is COCC1(C(=O)Nc2cccc(C(=O)Nc3ccncc3)c2)CCNCC1. The number of anilines is 2. The molecule has 7 nitrogen and oxygen atoms in total. The van der Waals surface area contributed by atoms with Crippen LogP contribution in [0.2, 0.25) is 0 Å². The molecule has 2 aromatic rings. The van der Waals surface area contributed by atoms with Crippen molar-refractivity contribution in [3.8, 4) is 0 Å². The molecule has 0 bridgehead atoms. The van der Waals surface area contributed by atoms with Gasteiger partial charge in [-0.25, -0.2) is 0 Å². The molecular formula is C20H24N4O3. The second-order valence-electron chi connectivity index (χ2n) is 6.69. The second kappa shape index (κ2) is 8.75. The number of nitrogens with zero attached hydrogens (tertiary/aromatic N) is 1. The number of methoxy groups -OCH3 is 1. The monoisotopic (exact) mass is 368 g/mol. The second-order valence-corrected chi connectivity index (χ2v) is 6.69. The Hall–Kier alpha value is -2.77. The van der Waals surface area contributed by atoms with E-state index in [1.165, 1.54) is 0 Å². The molecule has 0 aliphatic carbocycles. The third kappa shape index (κ3) is 4.69. The van der Waals surface area contributed by atoms with Gasteiger partial charge in [0.25, 0.3) is 5.91 Å². The number of benzene rings is 1. The highest BCUT2D eigenvalue weighted by atomic mass is 16.5. The van der Waals surface area contributed by atoms with Crippen molar-refractivity contribution in [2.24, 2.45) is 5.41 Å². The van der Waals surface area contributed by atoms with Crippen LogP contribution in [0.15, 0.2) is 48.8 Å². The van der Waals surface area contributed by atoms with E-state index in [4.69, 9.17) is 4.74 Å². The van der Waals surface area contributed by atoms with Gasteiger partial charge in [0.1, 0.15) is 0 Å². The summed E-state index contributed by atoms with van der Waals surface area (Å²) in [6, 6.07) is 10.4. The molecule has 2 heterocycles. The summed E-state index contributed by atoms with van der Waals surface area (Å²) < 4.78 is 5.31. The summed E-state index contributed by atoms with van der Waals surface area (Å²) in [5, 5.41) is 9.04. The van der Waals surface area contributed by atoms with Crippen LogP contribution in [0.25, 0.3) is 0 Å². The van der Waals surface area contributed by atoms with Gasteiger partial charge in [0.2, 0.25) is 5.91 Å². The fourth-order valence-electron chi connectivity index (χ4n) is 3.26. The summed E-state index contributed by atoms with van der Waals surface area (Å²) in [7, 11) is 1.61. The molecule has 0 unspecified atom stereocenters. The van der Waals surface area contributed by atoms with Gasteiger partial charge >= 0.3 is 0 Å². The van der Waals surface area contributed by atoms with E-state index in [0.717, 1.165) is 25.9 Å². The van der Waals surface area contributed by atoms with Crippen molar-refractivity contribution in [3.05, 3.63) is 54.4 Å². The van der Waals surface area contributed by atoms with E-state index in [1.807, 2.05) is 0 Å². The van der Waals surface area contributed by atoms with Crippen molar-refractivity contribution >= 4 is 23.2 Å². The Morgan fingerprint density at radius 1 is 1.11 bits per heavy atom. The number of hydrogen-bond donors (Lipinski definition) is 3. The standard InChI is InChI=1S/C20H24N4O3/c1-27-14-20(7-11-22-12-8-20)19(26)24-17-4-2-3-15(13-17)18(25)23-16-5-9-21-10-6-16/h2-6,9-10,13,22H,7-8,11-12,14H2,1H3,(H,24,26)(H,21,23,25). The van der Waals surface area contributed by atoms with Gasteiger partial charge in [0, 0.05) is 36.4 Å². The lowest BCUT2D eigenvalue weighted by Gasteiger charge is -2.35. The minimum absolute atomic E-state index is 0.0717. The van der Waals surface area contributed by atoms with Crippen LogP contribution < -0.4 is 16.0 Å². The zero-order valence-corrected chi connectivity index (χ0v) is 15.3. The minimum Gasteiger partial charge on any atom is -0.384 e. The first-order chi connectivity index (χ1) is 13.1. The molecular weight excluding hydrogens is 344 g/mol. The zero-order valence-electron chi connectivity index (χ0n) is 15.3. The first kappa shape index (κ1) is 19.0. The number of carbonyl (C=O) groups excluding carboxylic acids is 2. The summed E-state index contributed by atoms with van der Waals surface area (Å²) in [6.07, 6.45) is 4.66. The molecule has 1 aliphatic rings. The largest absolute Gasteiger partial charge is 0.384 e. The Balaban J connectivity index is 1.71. The average Bonchev–Trinajstić information content (AvgIpc) is 2.70. The molecule has 3 rings (SSSR count). The Morgan fingerprint density at radius 2 is 1.85 bits per heavy atom. The summed E-state index contributed by atoms with van der Waals surface area (Å²) in [6.45, 7) is 1.94. The van der Waals surface area contributed by atoms with Crippen LogP contribution in [0.1, 0.15) is 23.2 Å². The summed E-state index contributed by atoms with van der Waals surface area (Å²) in [5.41, 5.74) is 1.18. The van der Waals surface area contributed by atoms with E-state index in [0.29, 0.717) is 23.5 Å². The molecule has 0 radical (unpaired) electrons. The molecule has 1 saturated heterocycles. The highest BCUT2D eigenvalue weighted by molar-refractivity contribution is 6.05. The first-order valence-corrected chi connectivity index (χ1v) is 8.95. The lowest BCUT2D eigenvalue weighted by Crippen LogP contribution is -2.47. The van der Waals surface area contributed by atoms with Crippen molar-refractivity contribution in [1.29, 1.82) is 0 Å². The number of nitrogens with one attached hydrogen (secondary N) is 3. The predicted octanol–water partition coefficient (Wildman–Crippen LogP) is 2.29. The molecule has 1 aromatic heterocycles. The summed E-state index contributed by atoms with van der Waals surface area (Å²) >= 11 is 0. The van der Waals surface area contributed by atoms with Crippen LogP contribution in [-0.2, 0) is 9.53 Å². The molecule has 0 saturated carbocycles. The highest BCUT2D eigenvalue weighted by Gasteiger charge is 2.39. The lowest BCUT2D eigenvalue weighted by atomic mass is 9.78. The Morgan fingerprint density at radius 3 is 2.56 bits per heavy atom. The van der Waals surface area contributed by atoms with E-state index < -0.39 is 5.41 Å². The maximum absolute atomic E-state index is 12.9. The molecule has 0 atom stereocenters. The van der Waals surface area contributed by atoms with Gasteiger partial charge < -0.3 is 20.7 Å². The maximum Gasteiger partial charge on any atom is 0.255 e. The average molecular weight is 368 g/mol. The van der Waals surface area contributed by atoms with Crippen LogP contribution in [0.5, 0.6) is 0 Å². The van der Waals surface area contributed by atoms with Gasteiger partial charge in [-0.3, -0.25) is 14.6 Å². The minimum atomic E-state index is -0.546. The lowest BCUT2D eigenvalue weighted by molar-refractivity contribution is -0.130. The number of rotatable bonds is 6. The van der Waals surface area contributed by atoms with Crippen molar-refractivity contribution in [2.45, 2.75) is 12.8 Å². The molecule has 0 spiro atoms. The van der Waals surface area contributed by atoms with Crippen molar-refractivity contribution in [1.82, 2.24) is 10.3 Å². The Bertz CT molecular complexity index is 783. The van der Waals surface area contributed by atoms with E-state index in [9.17, 15) is 9.59 Å². The first-order valence-electron chi connectivity index (χ1n) is 8.95. The van der Waals surface area contributed by atoms with Crippen LogP contribution in [0.4, 0.5) is 11.4 Å². The van der Waals surface area contributed by atoms with Gasteiger partial charge in [0.15, 0.2) is 0 Å². The number of aromatic nitrogens is 1. The molecule has 2 amide bonds. The van der Waals surface area contributed by atoms with Crippen LogP contribution in [-0.4, -0.2) is 43.6 Å².